The van der Waals surface area contributed by atoms with E-state index in [4.69, 9.17) is 15.2 Å². The number of para-hydroxylation sites is 1. The maximum Gasteiger partial charge on any atom is 0.338 e. The summed E-state index contributed by atoms with van der Waals surface area (Å²) in [5.74, 6) is -1.61. The topological polar surface area (TPSA) is 132 Å². The number of nitrogens with one attached hydrogen (secondary N) is 1. The largest absolute Gasteiger partial charge is 0.463 e. The van der Waals surface area contributed by atoms with Gasteiger partial charge in [-0.2, -0.15) is 5.26 Å². The van der Waals surface area contributed by atoms with E-state index in [1.807, 2.05) is 13.0 Å². The van der Waals surface area contributed by atoms with Crippen LogP contribution in [0.5, 0.6) is 0 Å². The highest BCUT2D eigenvalue weighted by Crippen LogP contribution is 2.42. The van der Waals surface area contributed by atoms with Crippen LogP contribution in [-0.4, -0.2) is 21.0 Å². The molecular formula is C23H23N3O5S. The number of rotatable bonds is 6. The molecule has 1 unspecified atom stereocenters. The van der Waals surface area contributed by atoms with Crippen LogP contribution < -0.4 is 10.5 Å². The van der Waals surface area contributed by atoms with Gasteiger partial charge in [0.15, 0.2) is 0 Å². The van der Waals surface area contributed by atoms with E-state index in [2.05, 4.69) is 4.72 Å². The molecule has 2 aromatic rings. The molecule has 32 heavy (non-hydrogen) atoms. The molecule has 2 aromatic carbocycles. The van der Waals surface area contributed by atoms with Crippen molar-refractivity contribution in [1.29, 1.82) is 5.26 Å². The van der Waals surface area contributed by atoms with Crippen LogP contribution in [0.15, 0.2) is 76.2 Å². The van der Waals surface area contributed by atoms with Crippen molar-refractivity contribution in [1.82, 2.24) is 0 Å². The second-order valence-corrected chi connectivity index (χ2v) is 8.80. The van der Waals surface area contributed by atoms with Gasteiger partial charge in [0, 0.05) is 0 Å². The number of nitriles is 1. The Kier molecular flexibility index (Phi) is 6.55. The van der Waals surface area contributed by atoms with Crippen LogP contribution in [0, 0.1) is 18.3 Å². The van der Waals surface area contributed by atoms with Crippen molar-refractivity contribution >= 4 is 21.7 Å². The Labute approximate surface area is 187 Å². The van der Waals surface area contributed by atoms with Crippen molar-refractivity contribution in [2.24, 2.45) is 5.73 Å². The Morgan fingerprint density at radius 2 is 1.84 bits per heavy atom. The van der Waals surface area contributed by atoms with E-state index in [9.17, 15) is 18.5 Å². The predicted octanol–water partition coefficient (Wildman–Crippen LogP) is 3.44. The van der Waals surface area contributed by atoms with Gasteiger partial charge in [-0.05, 0) is 44.5 Å². The van der Waals surface area contributed by atoms with Crippen LogP contribution in [0.2, 0.25) is 0 Å². The zero-order chi connectivity index (χ0) is 23.5. The summed E-state index contributed by atoms with van der Waals surface area (Å²) in [5, 5.41) is 9.76. The molecule has 0 fully saturated rings. The van der Waals surface area contributed by atoms with Gasteiger partial charge in [-0.3, -0.25) is 4.72 Å². The second kappa shape index (κ2) is 9.16. The van der Waals surface area contributed by atoms with E-state index in [1.165, 1.54) is 12.1 Å². The van der Waals surface area contributed by atoms with Gasteiger partial charge in [0.1, 0.15) is 17.4 Å². The molecule has 1 atom stereocenters. The van der Waals surface area contributed by atoms with E-state index in [1.54, 1.807) is 50.2 Å². The molecule has 3 N–H and O–H groups in total. The minimum atomic E-state index is -3.93. The quantitative estimate of drug-likeness (QED) is 0.640. The molecule has 0 aliphatic carbocycles. The summed E-state index contributed by atoms with van der Waals surface area (Å²) in [6.45, 7) is 5.17. The van der Waals surface area contributed by atoms with Crippen LogP contribution in [0.25, 0.3) is 0 Å². The second-order valence-electron chi connectivity index (χ2n) is 7.12. The number of aryl methyl sites for hydroxylation is 1. The number of hydrogen-bond acceptors (Lipinski definition) is 7. The molecule has 1 aliphatic heterocycles. The molecule has 0 bridgehead atoms. The summed E-state index contributed by atoms with van der Waals surface area (Å²) in [6, 6.07) is 14.9. The lowest BCUT2D eigenvalue weighted by Crippen LogP contribution is -2.26. The number of carbonyl (C=O) groups excluding carboxylic acids is 1. The smallest absolute Gasteiger partial charge is 0.338 e. The Hall–Kier alpha value is -3.77. The molecule has 0 amide bonds. The Balaban J connectivity index is 2.14. The third kappa shape index (κ3) is 4.45. The summed E-state index contributed by atoms with van der Waals surface area (Å²) in [4.78, 5) is 12.8. The van der Waals surface area contributed by atoms with Crippen molar-refractivity contribution in [2.75, 3.05) is 11.3 Å². The SMILES string of the molecule is CCOC(=O)C1=C(C)OC(N)=C(C#N)C1c1ccccc1NS(=O)(=O)c1ccc(C)cc1. The molecule has 1 aliphatic rings. The fraction of sp³-hybridized carbons (Fsp3) is 0.217. The number of allylic oxidation sites excluding steroid dienone is 2. The third-order valence-corrected chi connectivity index (χ3v) is 6.33. The monoisotopic (exact) mass is 453 g/mol. The number of nitrogens with two attached hydrogens (primary N) is 1. The van der Waals surface area contributed by atoms with Gasteiger partial charge in [0.2, 0.25) is 5.88 Å². The molecule has 0 aromatic heterocycles. The van der Waals surface area contributed by atoms with Crippen molar-refractivity contribution < 1.29 is 22.7 Å². The first-order valence-electron chi connectivity index (χ1n) is 9.83. The number of hydrogen-bond donors (Lipinski definition) is 2. The Morgan fingerprint density at radius 3 is 2.47 bits per heavy atom. The lowest BCUT2D eigenvalue weighted by atomic mass is 9.82. The van der Waals surface area contributed by atoms with Crippen molar-refractivity contribution in [3.05, 3.63) is 82.4 Å². The zero-order valence-corrected chi connectivity index (χ0v) is 18.7. The first kappa shape index (κ1) is 22.9. The highest BCUT2D eigenvalue weighted by molar-refractivity contribution is 7.92. The van der Waals surface area contributed by atoms with Crippen LogP contribution in [0.4, 0.5) is 5.69 Å². The lowest BCUT2D eigenvalue weighted by molar-refractivity contribution is -0.139. The zero-order valence-electron chi connectivity index (χ0n) is 17.9. The van der Waals surface area contributed by atoms with Gasteiger partial charge in [-0.25, -0.2) is 13.2 Å². The first-order chi connectivity index (χ1) is 15.2. The molecule has 0 radical (unpaired) electrons. The fourth-order valence-corrected chi connectivity index (χ4v) is 4.52. The van der Waals surface area contributed by atoms with Crippen LogP contribution in [0.1, 0.15) is 30.9 Å². The lowest BCUT2D eigenvalue weighted by Gasteiger charge is -2.28. The number of sulfonamides is 1. The third-order valence-electron chi connectivity index (χ3n) is 4.95. The Morgan fingerprint density at radius 1 is 1.19 bits per heavy atom. The number of esters is 1. The van der Waals surface area contributed by atoms with Gasteiger partial charge in [-0.15, -0.1) is 0 Å². The number of nitrogens with zero attached hydrogens (tertiary/aromatic N) is 1. The standard InChI is InChI=1S/C23H23N3O5S/c1-4-30-23(27)20-15(3)31-22(25)18(13-24)21(20)17-7-5-6-8-19(17)26-32(28,29)16-11-9-14(2)10-12-16/h5-12,21,26H,4,25H2,1-3H3. The maximum absolute atomic E-state index is 13.0. The van der Waals surface area contributed by atoms with Crippen LogP contribution in [0.3, 0.4) is 0 Å². The molecule has 166 valence electrons. The molecule has 8 nitrogen and oxygen atoms in total. The summed E-state index contributed by atoms with van der Waals surface area (Å²) in [7, 11) is -3.93. The first-order valence-corrected chi connectivity index (χ1v) is 11.3. The van der Waals surface area contributed by atoms with E-state index in [0.29, 0.717) is 5.56 Å². The number of ether oxygens (including phenoxy) is 2. The van der Waals surface area contributed by atoms with Gasteiger partial charge < -0.3 is 15.2 Å². The van der Waals surface area contributed by atoms with E-state index in [-0.39, 0.29) is 40.0 Å². The van der Waals surface area contributed by atoms with Gasteiger partial charge in [-0.1, -0.05) is 35.9 Å². The number of carbonyl (C=O) groups is 1. The minimum Gasteiger partial charge on any atom is -0.463 e. The summed E-state index contributed by atoms with van der Waals surface area (Å²) in [6.07, 6.45) is 0. The average Bonchev–Trinajstić information content (AvgIpc) is 2.74. The summed E-state index contributed by atoms with van der Waals surface area (Å²) < 4.78 is 39.2. The highest BCUT2D eigenvalue weighted by Gasteiger charge is 2.37. The van der Waals surface area contributed by atoms with Crippen LogP contribution in [-0.2, 0) is 24.3 Å². The normalized spacial score (nSPS) is 16.2. The number of benzene rings is 2. The molecule has 0 saturated heterocycles. The molecule has 0 saturated carbocycles. The van der Waals surface area contributed by atoms with E-state index in [0.717, 1.165) is 5.56 Å². The van der Waals surface area contributed by atoms with E-state index < -0.39 is 21.9 Å². The maximum atomic E-state index is 13.0. The fourth-order valence-electron chi connectivity index (χ4n) is 3.43. The van der Waals surface area contributed by atoms with Crippen molar-refractivity contribution in [2.45, 2.75) is 31.6 Å². The van der Waals surface area contributed by atoms with E-state index >= 15 is 0 Å². The highest BCUT2D eigenvalue weighted by atomic mass is 32.2. The Bertz CT molecular complexity index is 1260. The average molecular weight is 454 g/mol. The van der Waals surface area contributed by atoms with Crippen molar-refractivity contribution in [3.63, 3.8) is 0 Å². The predicted molar refractivity (Wildman–Crippen MR) is 118 cm³/mol. The minimum absolute atomic E-state index is 0.0133. The number of anilines is 1. The molecule has 1 heterocycles. The van der Waals surface area contributed by atoms with Crippen molar-refractivity contribution in [3.8, 4) is 6.07 Å². The molecule has 9 heteroatoms. The summed E-state index contributed by atoms with van der Waals surface area (Å²) in [5.41, 5.74) is 7.50. The molecule has 3 rings (SSSR count). The molecule has 0 spiro atoms. The van der Waals surface area contributed by atoms with Gasteiger partial charge >= 0.3 is 5.97 Å². The van der Waals surface area contributed by atoms with Gasteiger partial charge in [0.25, 0.3) is 10.0 Å². The van der Waals surface area contributed by atoms with Gasteiger partial charge in [0.05, 0.1) is 28.7 Å². The molecular weight excluding hydrogens is 430 g/mol. The van der Waals surface area contributed by atoms with Crippen LogP contribution >= 0.6 is 0 Å². The summed E-state index contributed by atoms with van der Waals surface area (Å²) >= 11 is 0.